The molecule has 2 atom stereocenters. The van der Waals surface area contributed by atoms with E-state index in [4.69, 9.17) is 17.3 Å². The summed E-state index contributed by atoms with van der Waals surface area (Å²) in [7, 11) is 0. The molecule has 3 aromatic rings. The molecule has 38 heavy (non-hydrogen) atoms. The van der Waals surface area contributed by atoms with Gasteiger partial charge in [-0.2, -0.15) is 0 Å². The first-order valence-corrected chi connectivity index (χ1v) is 12.9. The molecule has 1 aliphatic heterocycles. The summed E-state index contributed by atoms with van der Waals surface area (Å²) in [5, 5.41) is 3.37. The SMILES string of the molecule is Cc1cccc(N(C(N)=O)C2CC(c3ccccc3)c3ccc(Cl)cc3N(CC(=O)NC(C)(C)C)C2=O)c1. The van der Waals surface area contributed by atoms with Crippen molar-refractivity contribution in [3.8, 4) is 0 Å². The van der Waals surface area contributed by atoms with Gasteiger partial charge in [0.15, 0.2) is 0 Å². The van der Waals surface area contributed by atoms with E-state index in [1.54, 1.807) is 18.2 Å². The van der Waals surface area contributed by atoms with E-state index in [-0.39, 0.29) is 24.8 Å². The largest absolute Gasteiger partial charge is 0.351 e. The Morgan fingerprint density at radius 3 is 2.39 bits per heavy atom. The highest BCUT2D eigenvalue weighted by Gasteiger charge is 2.41. The topological polar surface area (TPSA) is 95.7 Å². The molecule has 0 bridgehead atoms. The van der Waals surface area contributed by atoms with Crippen molar-refractivity contribution >= 4 is 40.8 Å². The minimum atomic E-state index is -0.965. The molecule has 0 radical (unpaired) electrons. The second kappa shape index (κ2) is 10.9. The van der Waals surface area contributed by atoms with Gasteiger partial charge in [0.2, 0.25) is 5.91 Å². The van der Waals surface area contributed by atoms with Gasteiger partial charge in [0.05, 0.1) is 0 Å². The van der Waals surface area contributed by atoms with Crippen molar-refractivity contribution in [3.63, 3.8) is 0 Å². The molecule has 4 amide bonds. The highest BCUT2D eigenvalue weighted by atomic mass is 35.5. The number of carbonyl (C=O) groups is 3. The third-order valence-electron chi connectivity index (χ3n) is 6.52. The summed E-state index contributed by atoms with van der Waals surface area (Å²) < 4.78 is 0. The van der Waals surface area contributed by atoms with Gasteiger partial charge >= 0.3 is 6.03 Å². The van der Waals surface area contributed by atoms with Gasteiger partial charge in [0.25, 0.3) is 5.91 Å². The Morgan fingerprint density at radius 1 is 1.05 bits per heavy atom. The summed E-state index contributed by atoms with van der Waals surface area (Å²) in [5.41, 5.74) is 9.23. The molecule has 0 saturated carbocycles. The number of nitrogens with zero attached hydrogens (tertiary/aromatic N) is 2. The van der Waals surface area contributed by atoms with Gasteiger partial charge < -0.3 is 16.0 Å². The number of carbonyl (C=O) groups excluding carboxylic acids is 3. The number of hydrogen-bond acceptors (Lipinski definition) is 3. The first kappa shape index (κ1) is 27.2. The van der Waals surface area contributed by atoms with Crippen LogP contribution in [0.2, 0.25) is 5.02 Å². The quantitative estimate of drug-likeness (QED) is 0.461. The Hall–Kier alpha value is -3.84. The normalized spacial score (nSPS) is 17.4. The first-order chi connectivity index (χ1) is 17.9. The number of nitrogens with two attached hydrogens (primary N) is 1. The molecule has 1 aliphatic rings. The molecule has 3 N–H and O–H groups in total. The van der Waals surface area contributed by atoms with Crippen LogP contribution in [0, 0.1) is 6.92 Å². The maximum atomic E-state index is 14.4. The molecule has 0 spiro atoms. The molecule has 198 valence electrons. The molecule has 0 saturated heterocycles. The van der Waals surface area contributed by atoms with E-state index < -0.39 is 23.5 Å². The van der Waals surface area contributed by atoms with E-state index in [1.807, 2.05) is 82.3 Å². The predicted molar refractivity (Wildman–Crippen MR) is 152 cm³/mol. The van der Waals surface area contributed by atoms with Gasteiger partial charge in [-0.25, -0.2) is 4.79 Å². The van der Waals surface area contributed by atoms with E-state index in [0.717, 1.165) is 16.7 Å². The number of benzene rings is 3. The van der Waals surface area contributed by atoms with Crippen LogP contribution in [0.5, 0.6) is 0 Å². The maximum Gasteiger partial charge on any atom is 0.320 e. The van der Waals surface area contributed by atoms with Crippen LogP contribution in [0.4, 0.5) is 16.2 Å². The average molecular weight is 533 g/mol. The summed E-state index contributed by atoms with van der Waals surface area (Å²) >= 11 is 6.42. The lowest BCUT2D eigenvalue weighted by Crippen LogP contribution is -2.55. The van der Waals surface area contributed by atoms with Crippen LogP contribution in [-0.4, -0.2) is 36.0 Å². The van der Waals surface area contributed by atoms with Crippen molar-refractivity contribution < 1.29 is 14.4 Å². The van der Waals surface area contributed by atoms with E-state index >= 15 is 0 Å². The predicted octanol–water partition coefficient (Wildman–Crippen LogP) is 5.39. The number of fused-ring (bicyclic) bond motifs is 1. The van der Waals surface area contributed by atoms with Crippen molar-refractivity contribution in [2.75, 3.05) is 16.3 Å². The Labute approximate surface area is 228 Å². The van der Waals surface area contributed by atoms with Crippen LogP contribution in [0.15, 0.2) is 72.8 Å². The Kier molecular flexibility index (Phi) is 7.78. The lowest BCUT2D eigenvalue weighted by Gasteiger charge is -2.33. The van der Waals surface area contributed by atoms with E-state index in [9.17, 15) is 14.4 Å². The fourth-order valence-electron chi connectivity index (χ4n) is 5.01. The van der Waals surface area contributed by atoms with Gasteiger partial charge in [-0.3, -0.25) is 14.5 Å². The molecule has 8 heteroatoms. The third kappa shape index (κ3) is 6.00. The van der Waals surface area contributed by atoms with E-state index in [1.165, 1.54) is 9.80 Å². The molecule has 7 nitrogen and oxygen atoms in total. The zero-order valence-corrected chi connectivity index (χ0v) is 22.8. The smallest absolute Gasteiger partial charge is 0.320 e. The number of rotatable bonds is 5. The molecular formula is C30H33ClN4O3. The molecule has 0 fully saturated rings. The summed E-state index contributed by atoms with van der Waals surface area (Å²) in [4.78, 5) is 43.2. The van der Waals surface area contributed by atoms with Gasteiger partial charge in [-0.15, -0.1) is 0 Å². The molecule has 0 aromatic heterocycles. The van der Waals surface area contributed by atoms with Crippen molar-refractivity contribution in [2.24, 2.45) is 5.73 Å². The first-order valence-electron chi connectivity index (χ1n) is 12.6. The number of urea groups is 1. The Bertz CT molecular complexity index is 1350. The van der Waals surface area contributed by atoms with Crippen LogP contribution in [0.1, 0.15) is 49.8 Å². The molecule has 1 heterocycles. The molecule has 4 rings (SSSR count). The summed E-state index contributed by atoms with van der Waals surface area (Å²) in [6.45, 7) is 7.30. The van der Waals surface area contributed by atoms with Crippen molar-refractivity contribution in [1.82, 2.24) is 5.32 Å². The van der Waals surface area contributed by atoms with Crippen LogP contribution in [0.3, 0.4) is 0 Å². The molecule has 3 aromatic carbocycles. The number of anilines is 2. The van der Waals surface area contributed by atoms with Crippen molar-refractivity contribution in [1.29, 1.82) is 0 Å². The number of nitrogens with one attached hydrogen (secondary N) is 1. The zero-order valence-electron chi connectivity index (χ0n) is 22.1. The van der Waals surface area contributed by atoms with E-state index in [0.29, 0.717) is 16.4 Å². The van der Waals surface area contributed by atoms with Gasteiger partial charge in [-0.05, 0) is 75.1 Å². The van der Waals surface area contributed by atoms with Crippen molar-refractivity contribution in [3.05, 3.63) is 94.5 Å². The Balaban J connectivity index is 1.90. The highest BCUT2D eigenvalue weighted by Crippen LogP contribution is 2.42. The third-order valence-corrected chi connectivity index (χ3v) is 6.75. The van der Waals surface area contributed by atoms with Gasteiger partial charge in [0, 0.05) is 27.9 Å². The standard InChI is InChI=1S/C30H33ClN4O3/c1-19-9-8-12-22(15-19)35(29(32)38)26-17-24(20-10-6-5-7-11-20)23-14-13-21(31)16-25(23)34(28(26)37)18-27(36)33-30(2,3)4/h5-16,24,26H,17-18H2,1-4H3,(H2,32,38)(H,33,36). The Morgan fingerprint density at radius 2 is 1.76 bits per heavy atom. The monoisotopic (exact) mass is 532 g/mol. The number of amides is 4. The van der Waals surface area contributed by atoms with E-state index in [2.05, 4.69) is 5.32 Å². The van der Waals surface area contributed by atoms with Crippen LogP contribution < -0.4 is 20.9 Å². The molecule has 2 unspecified atom stereocenters. The van der Waals surface area contributed by atoms with Crippen molar-refractivity contribution in [2.45, 2.75) is 51.6 Å². The molecular weight excluding hydrogens is 500 g/mol. The van der Waals surface area contributed by atoms with Gasteiger partial charge in [-0.1, -0.05) is 60.1 Å². The lowest BCUT2D eigenvalue weighted by molar-refractivity contribution is -0.125. The average Bonchev–Trinajstić information content (AvgIpc) is 2.94. The minimum absolute atomic E-state index is 0.234. The van der Waals surface area contributed by atoms with Gasteiger partial charge in [0.1, 0.15) is 12.6 Å². The second-order valence-corrected chi connectivity index (χ2v) is 11.1. The number of aryl methyl sites for hydroxylation is 1. The minimum Gasteiger partial charge on any atom is -0.351 e. The number of hydrogen-bond donors (Lipinski definition) is 2. The van der Waals surface area contributed by atoms with Crippen LogP contribution in [-0.2, 0) is 9.59 Å². The van der Waals surface area contributed by atoms with Crippen LogP contribution >= 0.6 is 11.6 Å². The number of halogens is 1. The lowest BCUT2D eigenvalue weighted by atomic mass is 9.85. The zero-order chi connectivity index (χ0) is 27.6. The summed E-state index contributed by atoms with van der Waals surface area (Å²) in [6.07, 6.45) is 0.270. The number of primary amides is 1. The highest BCUT2D eigenvalue weighted by molar-refractivity contribution is 6.31. The summed E-state index contributed by atoms with van der Waals surface area (Å²) in [6, 6.07) is 20.8. The fourth-order valence-corrected chi connectivity index (χ4v) is 5.18. The molecule has 0 aliphatic carbocycles. The van der Waals surface area contributed by atoms with Crippen LogP contribution in [0.25, 0.3) is 0 Å². The maximum absolute atomic E-state index is 14.4. The fraction of sp³-hybridized carbons (Fsp3) is 0.300. The second-order valence-electron chi connectivity index (χ2n) is 10.7. The summed E-state index contributed by atoms with van der Waals surface area (Å²) in [5.74, 6) is -0.995.